The van der Waals surface area contributed by atoms with Gasteiger partial charge in [-0.15, -0.1) is 0 Å². The van der Waals surface area contributed by atoms with Crippen molar-refractivity contribution in [2.45, 2.75) is 43.8 Å². The van der Waals surface area contributed by atoms with Crippen LogP contribution in [-0.4, -0.2) is 37.3 Å². The molecule has 136 valence electrons. The molecule has 0 aliphatic heterocycles. The first-order chi connectivity index (χ1) is 12.6. The molecule has 3 aromatic rings. The maximum atomic E-state index is 5.46. The number of rotatable bonds is 8. The standard InChI is InChI=1S/C19H23N5OS/c1-4-14(2)26-19-21-10-15(11-22-19)12-24(3)13-17-9-18(23-25-17)16-5-7-20-8-6-16/h5-11,14H,4,12-13H2,1-3H3/t14-/m0/s1. The second-order valence-corrected chi connectivity index (χ2v) is 7.70. The number of thioether (sulfide) groups is 1. The second kappa shape index (κ2) is 8.91. The summed E-state index contributed by atoms with van der Waals surface area (Å²) in [5, 5.41) is 5.50. The summed E-state index contributed by atoms with van der Waals surface area (Å²) in [5.74, 6) is 0.823. The fraction of sp³-hybridized carbons (Fsp3) is 0.368. The Hall–Kier alpha value is -2.25. The molecular formula is C19H23N5OS. The zero-order valence-electron chi connectivity index (χ0n) is 15.3. The van der Waals surface area contributed by atoms with Crippen molar-refractivity contribution in [1.82, 2.24) is 25.0 Å². The van der Waals surface area contributed by atoms with Crippen LogP contribution in [0.4, 0.5) is 0 Å². The zero-order chi connectivity index (χ0) is 18.4. The number of aromatic nitrogens is 4. The molecule has 6 nitrogen and oxygen atoms in total. The fourth-order valence-electron chi connectivity index (χ4n) is 2.43. The molecule has 0 fully saturated rings. The summed E-state index contributed by atoms with van der Waals surface area (Å²) in [7, 11) is 2.04. The molecule has 3 rings (SSSR count). The summed E-state index contributed by atoms with van der Waals surface area (Å²) in [6.45, 7) is 5.78. The third-order valence-corrected chi connectivity index (χ3v) is 5.13. The summed E-state index contributed by atoms with van der Waals surface area (Å²) in [6.07, 6.45) is 8.41. The third-order valence-electron chi connectivity index (χ3n) is 3.98. The van der Waals surface area contributed by atoms with Crippen LogP contribution in [0, 0.1) is 0 Å². The van der Waals surface area contributed by atoms with E-state index in [1.165, 1.54) is 0 Å². The molecular weight excluding hydrogens is 346 g/mol. The number of hydrogen-bond acceptors (Lipinski definition) is 7. The van der Waals surface area contributed by atoms with Crippen molar-refractivity contribution in [3.8, 4) is 11.3 Å². The van der Waals surface area contributed by atoms with Gasteiger partial charge in [-0.05, 0) is 25.6 Å². The van der Waals surface area contributed by atoms with Crippen LogP contribution in [-0.2, 0) is 13.1 Å². The largest absolute Gasteiger partial charge is 0.359 e. The van der Waals surface area contributed by atoms with Crippen LogP contribution in [0.5, 0.6) is 0 Å². The van der Waals surface area contributed by atoms with E-state index in [9.17, 15) is 0 Å². The van der Waals surface area contributed by atoms with Crippen LogP contribution in [0.3, 0.4) is 0 Å². The Morgan fingerprint density at radius 2 is 1.88 bits per heavy atom. The van der Waals surface area contributed by atoms with Gasteiger partial charge in [0.1, 0.15) is 5.69 Å². The Bertz CT molecular complexity index is 806. The summed E-state index contributed by atoms with van der Waals surface area (Å²) >= 11 is 1.71. The predicted molar refractivity (Wildman–Crippen MR) is 103 cm³/mol. The van der Waals surface area contributed by atoms with Gasteiger partial charge in [-0.3, -0.25) is 9.88 Å². The van der Waals surface area contributed by atoms with Crippen molar-refractivity contribution < 1.29 is 4.52 Å². The maximum Gasteiger partial charge on any atom is 0.187 e. The number of hydrogen-bond donors (Lipinski definition) is 0. The first-order valence-electron chi connectivity index (χ1n) is 8.66. The lowest BCUT2D eigenvalue weighted by molar-refractivity contribution is 0.266. The Morgan fingerprint density at radius 3 is 2.58 bits per heavy atom. The Morgan fingerprint density at radius 1 is 1.15 bits per heavy atom. The molecule has 0 unspecified atom stereocenters. The first-order valence-corrected chi connectivity index (χ1v) is 9.54. The molecule has 3 aromatic heterocycles. The molecule has 0 radical (unpaired) electrons. The summed E-state index contributed by atoms with van der Waals surface area (Å²) < 4.78 is 5.46. The van der Waals surface area contributed by atoms with Gasteiger partial charge in [0.25, 0.3) is 0 Å². The minimum atomic E-state index is 0.532. The summed E-state index contributed by atoms with van der Waals surface area (Å²) in [5.41, 5.74) is 2.90. The zero-order valence-corrected chi connectivity index (χ0v) is 16.1. The van der Waals surface area contributed by atoms with E-state index in [-0.39, 0.29) is 0 Å². The normalized spacial score (nSPS) is 12.5. The van der Waals surface area contributed by atoms with Gasteiger partial charge in [-0.2, -0.15) is 0 Å². The molecule has 3 heterocycles. The lowest BCUT2D eigenvalue weighted by atomic mass is 10.2. The van der Waals surface area contributed by atoms with Crippen LogP contribution in [0.25, 0.3) is 11.3 Å². The van der Waals surface area contributed by atoms with Crippen LogP contribution >= 0.6 is 11.8 Å². The van der Waals surface area contributed by atoms with E-state index in [2.05, 4.69) is 38.9 Å². The molecule has 7 heteroatoms. The van der Waals surface area contributed by atoms with Crippen LogP contribution < -0.4 is 0 Å². The highest BCUT2D eigenvalue weighted by molar-refractivity contribution is 7.99. The van der Waals surface area contributed by atoms with Crippen molar-refractivity contribution in [1.29, 1.82) is 0 Å². The van der Waals surface area contributed by atoms with Crippen LogP contribution in [0.2, 0.25) is 0 Å². The van der Waals surface area contributed by atoms with Crippen molar-refractivity contribution >= 4 is 11.8 Å². The van der Waals surface area contributed by atoms with Gasteiger partial charge in [0.2, 0.25) is 0 Å². The quantitative estimate of drug-likeness (QED) is 0.438. The van der Waals surface area contributed by atoms with Crippen molar-refractivity contribution in [3.63, 3.8) is 0 Å². The van der Waals surface area contributed by atoms with E-state index >= 15 is 0 Å². The van der Waals surface area contributed by atoms with Crippen molar-refractivity contribution in [2.24, 2.45) is 0 Å². The predicted octanol–water partition coefficient (Wildman–Crippen LogP) is 4.05. The lowest BCUT2D eigenvalue weighted by Gasteiger charge is -2.14. The van der Waals surface area contributed by atoms with E-state index in [1.54, 1.807) is 24.2 Å². The Balaban J connectivity index is 1.56. The molecule has 1 atom stereocenters. The number of nitrogens with zero attached hydrogens (tertiary/aromatic N) is 5. The van der Waals surface area contributed by atoms with Gasteiger partial charge in [0.05, 0.1) is 6.54 Å². The highest BCUT2D eigenvalue weighted by Crippen LogP contribution is 2.21. The van der Waals surface area contributed by atoms with E-state index in [0.29, 0.717) is 11.8 Å². The SMILES string of the molecule is CC[C@H](C)Sc1ncc(CN(C)Cc2cc(-c3ccncc3)no2)cn1. The molecule has 0 bridgehead atoms. The lowest BCUT2D eigenvalue weighted by Crippen LogP contribution is -2.17. The topological polar surface area (TPSA) is 67.9 Å². The average molecular weight is 369 g/mol. The molecule has 0 amide bonds. The van der Waals surface area contributed by atoms with Gasteiger partial charge in [0.15, 0.2) is 10.9 Å². The first kappa shape index (κ1) is 18.5. The molecule has 26 heavy (non-hydrogen) atoms. The molecule has 0 aliphatic rings. The van der Waals surface area contributed by atoms with Gasteiger partial charge < -0.3 is 4.52 Å². The van der Waals surface area contributed by atoms with E-state index in [4.69, 9.17) is 4.52 Å². The fourth-order valence-corrected chi connectivity index (χ4v) is 3.18. The van der Waals surface area contributed by atoms with Crippen molar-refractivity contribution in [3.05, 3.63) is 54.3 Å². The van der Waals surface area contributed by atoms with E-state index in [1.807, 2.05) is 37.6 Å². The molecule has 0 saturated heterocycles. The van der Waals surface area contributed by atoms with E-state index in [0.717, 1.165) is 40.7 Å². The monoisotopic (exact) mass is 369 g/mol. The van der Waals surface area contributed by atoms with Gasteiger partial charge in [-0.1, -0.05) is 30.8 Å². The highest BCUT2D eigenvalue weighted by Gasteiger charge is 2.10. The molecule has 0 aliphatic carbocycles. The van der Waals surface area contributed by atoms with Gasteiger partial charge >= 0.3 is 0 Å². The molecule has 0 N–H and O–H groups in total. The smallest absolute Gasteiger partial charge is 0.187 e. The van der Waals surface area contributed by atoms with Gasteiger partial charge in [0, 0.05) is 53.8 Å². The van der Waals surface area contributed by atoms with Gasteiger partial charge in [-0.25, -0.2) is 9.97 Å². The average Bonchev–Trinajstić information content (AvgIpc) is 3.12. The minimum absolute atomic E-state index is 0.532. The maximum absolute atomic E-state index is 5.46. The summed E-state index contributed by atoms with van der Waals surface area (Å²) in [4.78, 5) is 15.1. The second-order valence-electron chi connectivity index (χ2n) is 6.30. The molecule has 0 saturated carbocycles. The van der Waals surface area contributed by atoms with E-state index < -0.39 is 0 Å². The van der Waals surface area contributed by atoms with Crippen LogP contribution in [0.1, 0.15) is 31.6 Å². The third kappa shape index (κ3) is 5.12. The van der Waals surface area contributed by atoms with Crippen LogP contribution in [0.15, 0.2) is 52.7 Å². The number of pyridine rings is 1. The minimum Gasteiger partial charge on any atom is -0.359 e. The Labute approximate surface area is 158 Å². The molecule has 0 spiro atoms. The van der Waals surface area contributed by atoms with Crippen molar-refractivity contribution in [2.75, 3.05) is 7.05 Å². The molecule has 0 aromatic carbocycles. The Kier molecular flexibility index (Phi) is 6.35. The summed E-state index contributed by atoms with van der Waals surface area (Å²) in [6, 6.07) is 5.80. The highest BCUT2D eigenvalue weighted by atomic mass is 32.2.